The molecule has 0 aliphatic carbocycles. The van der Waals surface area contributed by atoms with Crippen LogP contribution in [-0.2, 0) is 11.3 Å². The summed E-state index contributed by atoms with van der Waals surface area (Å²) in [6.07, 6.45) is 1.90. The van der Waals surface area contributed by atoms with E-state index in [0.717, 1.165) is 32.5 Å². The molecule has 1 unspecified atom stereocenters. The molecule has 4 nitrogen and oxygen atoms in total. The standard InChI is InChI=1S/C14H21NO3S/c1-10(16)11-5-7-15(8-6-11)9-12-3-4-13(19-12)14(17)18-2/h3-4,10-11,16H,5-9H2,1-2H3. The van der Waals surface area contributed by atoms with E-state index in [1.54, 1.807) is 0 Å². The molecule has 0 amide bonds. The molecule has 1 saturated heterocycles. The Morgan fingerprint density at radius 3 is 2.79 bits per heavy atom. The van der Waals surface area contributed by atoms with Crippen LogP contribution in [0.15, 0.2) is 12.1 Å². The minimum Gasteiger partial charge on any atom is -0.465 e. The van der Waals surface area contributed by atoms with Gasteiger partial charge in [0.2, 0.25) is 0 Å². The number of likely N-dealkylation sites (tertiary alicyclic amines) is 1. The second-order valence-corrected chi connectivity index (χ2v) is 6.28. The first-order valence-electron chi connectivity index (χ1n) is 6.67. The summed E-state index contributed by atoms with van der Waals surface area (Å²) in [6.45, 7) is 4.79. The number of aliphatic hydroxyl groups excluding tert-OH is 1. The number of nitrogens with zero attached hydrogens (tertiary/aromatic N) is 1. The van der Waals surface area contributed by atoms with E-state index in [4.69, 9.17) is 4.74 Å². The lowest BCUT2D eigenvalue weighted by atomic mass is 9.92. The molecule has 19 heavy (non-hydrogen) atoms. The van der Waals surface area contributed by atoms with Gasteiger partial charge in [-0.25, -0.2) is 4.79 Å². The van der Waals surface area contributed by atoms with Crippen LogP contribution in [0.4, 0.5) is 0 Å². The Bertz CT molecular complexity index is 422. The fourth-order valence-corrected chi connectivity index (χ4v) is 3.46. The van der Waals surface area contributed by atoms with Crippen LogP contribution < -0.4 is 0 Å². The molecule has 0 radical (unpaired) electrons. The van der Waals surface area contributed by atoms with E-state index in [9.17, 15) is 9.90 Å². The number of hydrogen-bond acceptors (Lipinski definition) is 5. The summed E-state index contributed by atoms with van der Waals surface area (Å²) >= 11 is 1.50. The van der Waals surface area contributed by atoms with E-state index in [-0.39, 0.29) is 12.1 Å². The monoisotopic (exact) mass is 283 g/mol. The number of aliphatic hydroxyl groups is 1. The summed E-state index contributed by atoms with van der Waals surface area (Å²) in [5.41, 5.74) is 0. The molecule has 1 aromatic heterocycles. The summed E-state index contributed by atoms with van der Waals surface area (Å²) in [5.74, 6) is 0.175. The van der Waals surface area contributed by atoms with Gasteiger partial charge in [-0.3, -0.25) is 4.90 Å². The maximum Gasteiger partial charge on any atom is 0.348 e. The normalized spacial score (nSPS) is 19.3. The van der Waals surface area contributed by atoms with Crippen molar-refractivity contribution in [3.8, 4) is 0 Å². The van der Waals surface area contributed by atoms with Crippen LogP contribution in [0.25, 0.3) is 0 Å². The van der Waals surface area contributed by atoms with Crippen molar-refractivity contribution in [1.82, 2.24) is 4.90 Å². The van der Waals surface area contributed by atoms with Gasteiger partial charge in [-0.15, -0.1) is 11.3 Å². The third-order valence-corrected chi connectivity index (χ3v) is 4.79. The Balaban J connectivity index is 1.85. The van der Waals surface area contributed by atoms with Gasteiger partial charge in [0.25, 0.3) is 0 Å². The van der Waals surface area contributed by atoms with Crippen molar-refractivity contribution in [3.63, 3.8) is 0 Å². The number of carbonyl (C=O) groups excluding carboxylic acids is 1. The van der Waals surface area contributed by atoms with Crippen LogP contribution in [0.2, 0.25) is 0 Å². The lowest BCUT2D eigenvalue weighted by molar-refractivity contribution is 0.0606. The summed E-state index contributed by atoms with van der Waals surface area (Å²) in [7, 11) is 1.41. The molecule has 1 fully saturated rings. The number of ether oxygens (including phenoxy) is 1. The maximum absolute atomic E-state index is 11.4. The molecule has 2 heterocycles. The Hall–Kier alpha value is -0.910. The third kappa shape index (κ3) is 3.78. The molecule has 106 valence electrons. The van der Waals surface area contributed by atoms with E-state index >= 15 is 0 Å². The predicted octanol–water partition coefficient (Wildman–Crippen LogP) is 2.13. The first kappa shape index (κ1) is 14.5. The maximum atomic E-state index is 11.4. The van der Waals surface area contributed by atoms with Gasteiger partial charge in [0, 0.05) is 11.4 Å². The van der Waals surface area contributed by atoms with Crippen LogP contribution in [-0.4, -0.2) is 42.3 Å². The van der Waals surface area contributed by atoms with E-state index in [2.05, 4.69) is 4.90 Å². The lowest BCUT2D eigenvalue weighted by Crippen LogP contribution is -2.36. The average molecular weight is 283 g/mol. The van der Waals surface area contributed by atoms with Crippen LogP contribution in [0.3, 0.4) is 0 Å². The number of esters is 1. The Morgan fingerprint density at radius 1 is 1.53 bits per heavy atom. The van der Waals surface area contributed by atoms with Crippen molar-refractivity contribution in [2.45, 2.75) is 32.4 Å². The minimum absolute atomic E-state index is 0.199. The van der Waals surface area contributed by atoms with Crippen molar-refractivity contribution in [2.24, 2.45) is 5.92 Å². The van der Waals surface area contributed by atoms with Crippen LogP contribution in [0.1, 0.15) is 34.3 Å². The molecule has 0 bridgehead atoms. The van der Waals surface area contributed by atoms with Crippen molar-refractivity contribution in [1.29, 1.82) is 0 Å². The molecular weight excluding hydrogens is 262 g/mol. The number of rotatable bonds is 4. The number of hydrogen-bond donors (Lipinski definition) is 1. The second-order valence-electron chi connectivity index (χ2n) is 5.11. The molecule has 2 rings (SSSR count). The summed E-state index contributed by atoms with van der Waals surface area (Å²) in [6, 6.07) is 3.83. The van der Waals surface area contributed by atoms with Crippen molar-refractivity contribution < 1.29 is 14.6 Å². The average Bonchev–Trinajstić information content (AvgIpc) is 2.87. The summed E-state index contributed by atoms with van der Waals surface area (Å²) < 4.78 is 4.71. The first-order valence-corrected chi connectivity index (χ1v) is 7.49. The van der Waals surface area contributed by atoms with E-state index in [1.807, 2.05) is 19.1 Å². The third-order valence-electron chi connectivity index (χ3n) is 3.74. The second kappa shape index (κ2) is 6.50. The van der Waals surface area contributed by atoms with E-state index in [1.165, 1.54) is 23.3 Å². The zero-order valence-corrected chi connectivity index (χ0v) is 12.3. The minimum atomic E-state index is -0.260. The predicted molar refractivity (Wildman–Crippen MR) is 75.3 cm³/mol. The molecule has 1 atom stereocenters. The first-order chi connectivity index (χ1) is 9.10. The topological polar surface area (TPSA) is 49.8 Å². The van der Waals surface area contributed by atoms with Gasteiger partial charge < -0.3 is 9.84 Å². The van der Waals surface area contributed by atoms with Crippen molar-refractivity contribution in [2.75, 3.05) is 20.2 Å². The molecule has 5 heteroatoms. The van der Waals surface area contributed by atoms with Gasteiger partial charge in [-0.1, -0.05) is 0 Å². The smallest absolute Gasteiger partial charge is 0.348 e. The van der Waals surface area contributed by atoms with Gasteiger partial charge >= 0.3 is 5.97 Å². The Kier molecular flexibility index (Phi) is 4.96. The number of piperidine rings is 1. The molecule has 1 aliphatic rings. The number of methoxy groups -OCH3 is 1. The van der Waals surface area contributed by atoms with Crippen LogP contribution in [0.5, 0.6) is 0 Å². The highest BCUT2D eigenvalue weighted by molar-refractivity contribution is 7.13. The van der Waals surface area contributed by atoms with Crippen LogP contribution in [0, 0.1) is 5.92 Å². The van der Waals surface area contributed by atoms with E-state index in [0.29, 0.717) is 10.8 Å². The summed E-state index contributed by atoms with van der Waals surface area (Å²) in [4.78, 5) is 15.6. The fourth-order valence-electron chi connectivity index (χ4n) is 2.49. The Labute approximate surface area is 118 Å². The molecule has 0 aromatic carbocycles. The zero-order chi connectivity index (χ0) is 13.8. The quantitative estimate of drug-likeness (QED) is 0.860. The summed E-state index contributed by atoms with van der Waals surface area (Å²) in [5, 5.41) is 9.58. The molecule has 1 aromatic rings. The molecule has 1 N–H and O–H groups in total. The van der Waals surface area contributed by atoms with Crippen LogP contribution >= 0.6 is 11.3 Å². The van der Waals surface area contributed by atoms with Crippen molar-refractivity contribution in [3.05, 3.63) is 21.9 Å². The number of carbonyl (C=O) groups is 1. The largest absolute Gasteiger partial charge is 0.465 e. The molecular formula is C14H21NO3S. The highest BCUT2D eigenvalue weighted by Gasteiger charge is 2.23. The van der Waals surface area contributed by atoms with Gasteiger partial charge in [-0.2, -0.15) is 0 Å². The fraction of sp³-hybridized carbons (Fsp3) is 0.643. The highest BCUT2D eigenvalue weighted by atomic mass is 32.1. The molecule has 0 spiro atoms. The zero-order valence-electron chi connectivity index (χ0n) is 11.5. The van der Waals surface area contributed by atoms with Gasteiger partial charge in [0.05, 0.1) is 13.2 Å². The molecule has 1 aliphatic heterocycles. The molecule has 0 saturated carbocycles. The van der Waals surface area contributed by atoms with Gasteiger partial charge in [0.1, 0.15) is 4.88 Å². The SMILES string of the molecule is COC(=O)c1ccc(CN2CCC(C(C)O)CC2)s1. The lowest BCUT2D eigenvalue weighted by Gasteiger charge is -2.32. The van der Waals surface area contributed by atoms with Gasteiger partial charge in [0.15, 0.2) is 0 Å². The van der Waals surface area contributed by atoms with E-state index < -0.39 is 0 Å². The number of thiophene rings is 1. The highest BCUT2D eigenvalue weighted by Crippen LogP contribution is 2.24. The van der Waals surface area contributed by atoms with Crippen molar-refractivity contribution >= 4 is 17.3 Å². The van der Waals surface area contributed by atoms with Gasteiger partial charge in [-0.05, 0) is 50.9 Å². The Morgan fingerprint density at radius 2 is 2.21 bits per heavy atom.